The molecule has 2 N–H and O–H groups in total. The van der Waals surface area contributed by atoms with E-state index >= 15 is 0 Å². The lowest BCUT2D eigenvalue weighted by Crippen LogP contribution is -2.05. The Morgan fingerprint density at radius 1 is 1.32 bits per heavy atom. The van der Waals surface area contributed by atoms with Crippen molar-refractivity contribution in [2.45, 2.75) is 19.9 Å². The molecule has 0 aliphatic rings. The highest BCUT2D eigenvalue weighted by Crippen LogP contribution is 2.19. The van der Waals surface area contributed by atoms with E-state index in [0.717, 1.165) is 24.0 Å². The van der Waals surface area contributed by atoms with Gasteiger partial charge in [-0.25, -0.2) is 4.98 Å². The van der Waals surface area contributed by atoms with E-state index in [-0.39, 0.29) is 0 Å². The number of nitrogens with two attached hydrogens (primary N) is 1. The second-order valence-corrected chi connectivity index (χ2v) is 4.89. The molecule has 0 fully saturated rings. The Hall–Kier alpha value is -2.30. The van der Waals surface area contributed by atoms with Gasteiger partial charge >= 0.3 is 0 Å². The van der Waals surface area contributed by atoms with Gasteiger partial charge in [-0.15, -0.1) is 0 Å². The van der Waals surface area contributed by atoms with Gasteiger partial charge in [0.1, 0.15) is 0 Å². The van der Waals surface area contributed by atoms with E-state index in [0.29, 0.717) is 5.95 Å². The van der Waals surface area contributed by atoms with E-state index in [2.05, 4.69) is 39.8 Å². The normalized spacial score (nSPS) is 11.3. The molecule has 5 heteroatoms. The van der Waals surface area contributed by atoms with E-state index in [1.165, 1.54) is 11.1 Å². The molecular weight excluding hydrogens is 238 g/mol. The van der Waals surface area contributed by atoms with Gasteiger partial charge in [0.05, 0.1) is 17.2 Å². The van der Waals surface area contributed by atoms with E-state index in [1.807, 2.05) is 24.1 Å². The zero-order chi connectivity index (χ0) is 13.4. The van der Waals surface area contributed by atoms with Crippen LogP contribution >= 0.6 is 0 Å². The minimum absolute atomic E-state index is 0.574. The summed E-state index contributed by atoms with van der Waals surface area (Å²) >= 11 is 0. The van der Waals surface area contributed by atoms with E-state index in [1.54, 1.807) is 0 Å². The number of aryl methyl sites for hydroxylation is 4. The second-order valence-electron chi connectivity index (χ2n) is 4.89. The Bertz CT molecular complexity index is 723. The molecule has 0 amide bonds. The zero-order valence-electron chi connectivity index (χ0n) is 11.2. The number of nitrogen functional groups attached to an aromatic ring is 1. The van der Waals surface area contributed by atoms with E-state index < -0.39 is 0 Å². The van der Waals surface area contributed by atoms with Crippen LogP contribution in [0.2, 0.25) is 0 Å². The lowest BCUT2D eigenvalue weighted by molar-refractivity contribution is 0.723. The van der Waals surface area contributed by atoms with Gasteiger partial charge in [0.25, 0.3) is 0 Å². The van der Waals surface area contributed by atoms with Crippen molar-refractivity contribution in [1.29, 1.82) is 0 Å². The summed E-state index contributed by atoms with van der Waals surface area (Å²) in [5, 5.41) is 4.17. The Labute approximate surface area is 111 Å². The molecule has 0 unspecified atom stereocenters. The second kappa shape index (κ2) is 4.42. The van der Waals surface area contributed by atoms with Gasteiger partial charge in [0.2, 0.25) is 5.95 Å². The molecule has 2 heterocycles. The summed E-state index contributed by atoms with van der Waals surface area (Å²) in [6, 6.07) is 6.23. The Morgan fingerprint density at radius 2 is 2.16 bits per heavy atom. The van der Waals surface area contributed by atoms with Crippen LogP contribution in [0.3, 0.4) is 0 Å². The zero-order valence-corrected chi connectivity index (χ0v) is 11.2. The van der Waals surface area contributed by atoms with Gasteiger partial charge in [-0.1, -0.05) is 6.07 Å². The summed E-state index contributed by atoms with van der Waals surface area (Å²) in [5.74, 6) is 0.574. The molecule has 0 radical (unpaired) electrons. The van der Waals surface area contributed by atoms with Crippen LogP contribution in [0, 0.1) is 6.92 Å². The minimum Gasteiger partial charge on any atom is -0.369 e. The largest absolute Gasteiger partial charge is 0.369 e. The van der Waals surface area contributed by atoms with Crippen LogP contribution in [-0.4, -0.2) is 19.3 Å². The first-order chi connectivity index (χ1) is 9.13. The molecule has 3 rings (SSSR count). The fraction of sp³-hybridized carbons (Fsp3) is 0.286. The molecule has 2 aromatic heterocycles. The maximum absolute atomic E-state index is 6.00. The molecule has 0 aliphatic carbocycles. The van der Waals surface area contributed by atoms with Crippen molar-refractivity contribution in [1.82, 2.24) is 19.3 Å². The fourth-order valence-electron chi connectivity index (χ4n) is 2.34. The molecule has 1 aromatic carbocycles. The van der Waals surface area contributed by atoms with Gasteiger partial charge in [0, 0.05) is 19.8 Å². The van der Waals surface area contributed by atoms with E-state index in [9.17, 15) is 0 Å². The van der Waals surface area contributed by atoms with Crippen LogP contribution in [0.5, 0.6) is 0 Å². The number of imidazole rings is 1. The summed E-state index contributed by atoms with van der Waals surface area (Å²) in [7, 11) is 1.92. The standard InChI is InChI=1S/C14H17N5/c1-10-3-4-13-12(7-10)17-14(15)19(13)6-5-11-8-16-18(2)9-11/h3-4,7-9H,5-6H2,1-2H3,(H2,15,17). The van der Waals surface area contributed by atoms with Gasteiger partial charge in [0.15, 0.2) is 0 Å². The molecular formula is C14H17N5. The third kappa shape index (κ3) is 2.19. The van der Waals surface area contributed by atoms with Crippen molar-refractivity contribution in [3.8, 4) is 0 Å². The Morgan fingerprint density at radius 3 is 2.89 bits per heavy atom. The molecule has 0 spiro atoms. The number of benzene rings is 1. The van der Waals surface area contributed by atoms with Crippen molar-refractivity contribution in [2.75, 3.05) is 5.73 Å². The number of aromatic nitrogens is 4. The van der Waals surface area contributed by atoms with E-state index in [4.69, 9.17) is 5.73 Å². The molecule has 0 aliphatic heterocycles. The number of hydrogen-bond acceptors (Lipinski definition) is 3. The first-order valence-electron chi connectivity index (χ1n) is 6.33. The van der Waals surface area contributed by atoms with Crippen molar-refractivity contribution in [3.05, 3.63) is 41.7 Å². The first-order valence-corrected chi connectivity index (χ1v) is 6.33. The lowest BCUT2D eigenvalue weighted by atomic mass is 10.2. The van der Waals surface area contributed by atoms with Crippen LogP contribution in [0.15, 0.2) is 30.6 Å². The van der Waals surface area contributed by atoms with Crippen molar-refractivity contribution in [3.63, 3.8) is 0 Å². The van der Waals surface area contributed by atoms with Gasteiger partial charge < -0.3 is 10.3 Å². The fourth-order valence-corrected chi connectivity index (χ4v) is 2.34. The maximum atomic E-state index is 6.00. The molecule has 0 saturated heterocycles. The molecule has 98 valence electrons. The smallest absolute Gasteiger partial charge is 0.201 e. The molecule has 3 aromatic rings. The van der Waals surface area contributed by atoms with Crippen molar-refractivity contribution >= 4 is 17.0 Å². The molecule has 0 bridgehead atoms. The van der Waals surface area contributed by atoms with Gasteiger partial charge in [-0.3, -0.25) is 4.68 Å². The number of hydrogen-bond donors (Lipinski definition) is 1. The van der Waals surface area contributed by atoms with Gasteiger partial charge in [-0.2, -0.15) is 5.10 Å². The highest BCUT2D eigenvalue weighted by molar-refractivity contribution is 5.79. The van der Waals surface area contributed by atoms with Crippen LogP contribution in [0.4, 0.5) is 5.95 Å². The summed E-state index contributed by atoms with van der Waals surface area (Å²) in [5.41, 5.74) is 10.5. The number of anilines is 1. The van der Waals surface area contributed by atoms with Crippen molar-refractivity contribution in [2.24, 2.45) is 7.05 Å². The lowest BCUT2D eigenvalue weighted by Gasteiger charge is -2.05. The third-order valence-electron chi connectivity index (χ3n) is 3.32. The SMILES string of the molecule is Cc1ccc2c(c1)nc(N)n2CCc1cnn(C)c1. The Kier molecular flexibility index (Phi) is 2.74. The quantitative estimate of drug-likeness (QED) is 0.777. The molecule has 19 heavy (non-hydrogen) atoms. The van der Waals surface area contributed by atoms with Crippen LogP contribution in [0.1, 0.15) is 11.1 Å². The topological polar surface area (TPSA) is 61.7 Å². The molecule has 0 saturated carbocycles. The average molecular weight is 255 g/mol. The predicted molar refractivity (Wildman–Crippen MR) is 75.8 cm³/mol. The molecule has 0 atom stereocenters. The Balaban J connectivity index is 1.90. The highest BCUT2D eigenvalue weighted by atomic mass is 15.2. The number of fused-ring (bicyclic) bond motifs is 1. The molecule has 5 nitrogen and oxygen atoms in total. The average Bonchev–Trinajstić information content (AvgIpc) is 2.89. The summed E-state index contributed by atoms with van der Waals surface area (Å²) in [4.78, 5) is 4.41. The summed E-state index contributed by atoms with van der Waals surface area (Å²) in [6.07, 6.45) is 4.82. The predicted octanol–water partition coefficient (Wildman–Crippen LogP) is 1.90. The first kappa shape index (κ1) is 11.8. The van der Waals surface area contributed by atoms with Crippen molar-refractivity contribution < 1.29 is 0 Å². The number of nitrogens with zero attached hydrogens (tertiary/aromatic N) is 4. The highest BCUT2D eigenvalue weighted by Gasteiger charge is 2.08. The van der Waals surface area contributed by atoms with Crippen LogP contribution < -0.4 is 5.73 Å². The van der Waals surface area contributed by atoms with Crippen LogP contribution in [-0.2, 0) is 20.0 Å². The summed E-state index contributed by atoms with van der Waals surface area (Å²) < 4.78 is 3.87. The number of rotatable bonds is 3. The maximum Gasteiger partial charge on any atom is 0.201 e. The monoisotopic (exact) mass is 255 g/mol. The van der Waals surface area contributed by atoms with Gasteiger partial charge in [-0.05, 0) is 36.6 Å². The summed E-state index contributed by atoms with van der Waals surface area (Å²) in [6.45, 7) is 2.88. The minimum atomic E-state index is 0.574. The third-order valence-corrected chi connectivity index (χ3v) is 3.32. The van der Waals surface area contributed by atoms with Crippen LogP contribution in [0.25, 0.3) is 11.0 Å².